The fraction of sp³-hybridized carbons (Fsp3) is 0.240. The standard InChI is InChI=1S/C25H21ClF2N2O5/c26-17-6-10-22(35-25(27)28)19(12-17)16-5-9-21(30(34)13-16)20(11-14-1-2-14)23(31)29-18-7-3-15(4-8-18)24(32)33/h3-10,12-14,20,25H,1-2,11H2,(H,29,31)(H,32,33)/t20-/m0/s1. The van der Waals surface area contributed by atoms with Gasteiger partial charge in [-0.1, -0.05) is 24.4 Å². The Morgan fingerprint density at radius 1 is 1.14 bits per heavy atom. The highest BCUT2D eigenvalue weighted by Gasteiger charge is 2.35. The van der Waals surface area contributed by atoms with E-state index >= 15 is 0 Å². The Balaban J connectivity index is 1.61. The Bertz CT molecular complexity index is 1250. The number of hydrogen-bond donors (Lipinski definition) is 2. The molecule has 1 heterocycles. The van der Waals surface area contributed by atoms with Gasteiger partial charge in [0.15, 0.2) is 6.20 Å². The van der Waals surface area contributed by atoms with E-state index in [9.17, 15) is 23.6 Å². The summed E-state index contributed by atoms with van der Waals surface area (Å²) < 4.78 is 30.8. The molecule has 0 bridgehead atoms. The number of hydrogen-bond acceptors (Lipinski definition) is 4. The van der Waals surface area contributed by atoms with Crippen LogP contribution in [0.15, 0.2) is 60.8 Å². The molecule has 35 heavy (non-hydrogen) atoms. The van der Waals surface area contributed by atoms with Crippen molar-refractivity contribution in [2.24, 2.45) is 5.92 Å². The molecule has 182 valence electrons. The predicted octanol–water partition coefficient (Wildman–Crippen LogP) is 5.46. The number of aromatic nitrogens is 1. The molecule has 1 fully saturated rings. The summed E-state index contributed by atoms with van der Waals surface area (Å²) in [6, 6.07) is 12.9. The van der Waals surface area contributed by atoms with Crippen molar-refractivity contribution in [1.82, 2.24) is 0 Å². The minimum absolute atomic E-state index is 0.0849. The zero-order valence-corrected chi connectivity index (χ0v) is 19.0. The molecule has 1 aliphatic rings. The lowest BCUT2D eigenvalue weighted by atomic mass is 9.95. The molecular formula is C25H21ClF2N2O5. The van der Waals surface area contributed by atoms with Crippen molar-refractivity contribution in [3.8, 4) is 16.9 Å². The second-order valence-corrected chi connectivity index (χ2v) is 8.73. The summed E-state index contributed by atoms with van der Waals surface area (Å²) in [7, 11) is 0. The van der Waals surface area contributed by atoms with Crippen LogP contribution in [0.1, 0.15) is 41.2 Å². The molecule has 10 heteroatoms. The zero-order valence-electron chi connectivity index (χ0n) is 18.3. The summed E-state index contributed by atoms with van der Waals surface area (Å²) in [6.45, 7) is -3.05. The van der Waals surface area contributed by atoms with E-state index in [1.54, 1.807) is 6.07 Å². The summed E-state index contributed by atoms with van der Waals surface area (Å²) >= 11 is 6.02. The van der Waals surface area contributed by atoms with E-state index < -0.39 is 24.4 Å². The largest absolute Gasteiger partial charge is 0.618 e. The topological polar surface area (TPSA) is 103 Å². The number of halogens is 3. The van der Waals surface area contributed by atoms with Crippen molar-refractivity contribution in [2.75, 3.05) is 5.32 Å². The molecule has 2 N–H and O–H groups in total. The molecule has 0 aliphatic heterocycles. The molecule has 0 unspecified atom stereocenters. The van der Waals surface area contributed by atoms with Crippen molar-refractivity contribution >= 4 is 29.2 Å². The van der Waals surface area contributed by atoms with E-state index in [-0.39, 0.29) is 27.6 Å². The average Bonchev–Trinajstić information content (AvgIpc) is 3.63. The number of carboxylic acid groups (broad SMARTS) is 1. The van der Waals surface area contributed by atoms with Crippen LogP contribution in [0.2, 0.25) is 5.02 Å². The van der Waals surface area contributed by atoms with Gasteiger partial charge in [-0.15, -0.1) is 0 Å². The maximum atomic E-state index is 13.1. The van der Waals surface area contributed by atoms with Crippen molar-refractivity contribution in [3.63, 3.8) is 0 Å². The average molecular weight is 503 g/mol. The highest BCUT2D eigenvalue weighted by molar-refractivity contribution is 6.31. The van der Waals surface area contributed by atoms with Crippen LogP contribution in [0, 0.1) is 11.1 Å². The second-order valence-electron chi connectivity index (χ2n) is 8.29. The van der Waals surface area contributed by atoms with Crippen LogP contribution in [0.5, 0.6) is 5.75 Å². The number of anilines is 1. The molecule has 1 amide bonds. The van der Waals surface area contributed by atoms with E-state index in [2.05, 4.69) is 10.1 Å². The van der Waals surface area contributed by atoms with Crippen molar-refractivity contribution in [3.05, 3.63) is 82.3 Å². The number of nitrogens with zero attached hydrogens (tertiary/aromatic N) is 1. The van der Waals surface area contributed by atoms with Crippen LogP contribution in [0.3, 0.4) is 0 Å². The van der Waals surface area contributed by atoms with E-state index in [0.29, 0.717) is 28.3 Å². The van der Waals surface area contributed by atoms with E-state index in [0.717, 1.165) is 12.8 Å². The van der Waals surface area contributed by atoms with E-state index in [4.69, 9.17) is 16.7 Å². The fourth-order valence-electron chi connectivity index (χ4n) is 3.82. The lowest BCUT2D eigenvalue weighted by Gasteiger charge is -2.17. The quantitative estimate of drug-likeness (QED) is 0.299. The smallest absolute Gasteiger partial charge is 0.387 e. The predicted molar refractivity (Wildman–Crippen MR) is 125 cm³/mol. The molecule has 7 nitrogen and oxygen atoms in total. The molecule has 0 spiro atoms. The van der Waals surface area contributed by atoms with Gasteiger partial charge in [-0.25, -0.2) is 4.79 Å². The number of aromatic carboxylic acids is 1. The van der Waals surface area contributed by atoms with Gasteiger partial charge >= 0.3 is 12.6 Å². The zero-order chi connectivity index (χ0) is 25.1. The first-order valence-corrected chi connectivity index (χ1v) is 11.2. The van der Waals surface area contributed by atoms with Crippen molar-refractivity contribution in [1.29, 1.82) is 0 Å². The van der Waals surface area contributed by atoms with Crippen LogP contribution in [-0.4, -0.2) is 23.6 Å². The van der Waals surface area contributed by atoms with Crippen molar-refractivity contribution < 1.29 is 32.9 Å². The minimum Gasteiger partial charge on any atom is -0.618 e. The van der Waals surface area contributed by atoms with Crippen LogP contribution >= 0.6 is 11.6 Å². The normalized spacial score (nSPS) is 13.9. The first kappa shape index (κ1) is 24.4. The third-order valence-corrected chi connectivity index (χ3v) is 5.99. The summed E-state index contributed by atoms with van der Waals surface area (Å²) in [5, 5.41) is 25.1. The highest BCUT2D eigenvalue weighted by Crippen LogP contribution is 2.39. The SMILES string of the molecule is O=C(O)c1ccc(NC(=O)[C@@H](CC2CC2)c2ccc(-c3cc(Cl)ccc3OC(F)F)c[n+]2[O-])cc1. The van der Waals surface area contributed by atoms with Gasteiger partial charge < -0.3 is 20.4 Å². The van der Waals surface area contributed by atoms with Gasteiger partial charge in [-0.3, -0.25) is 4.79 Å². The van der Waals surface area contributed by atoms with Gasteiger partial charge in [0, 0.05) is 22.3 Å². The number of carboxylic acids is 1. The number of nitrogens with one attached hydrogen (secondary N) is 1. The van der Waals surface area contributed by atoms with Crippen molar-refractivity contribution in [2.45, 2.75) is 31.8 Å². The van der Waals surface area contributed by atoms with Gasteiger partial charge in [0.05, 0.1) is 11.1 Å². The Labute approximate surface area is 204 Å². The third kappa shape index (κ3) is 6.05. The van der Waals surface area contributed by atoms with E-state index in [1.807, 2.05) is 0 Å². The fourth-order valence-corrected chi connectivity index (χ4v) is 3.99. The number of alkyl halides is 2. The first-order chi connectivity index (χ1) is 16.7. The number of ether oxygens (including phenoxy) is 1. The Morgan fingerprint density at radius 3 is 2.46 bits per heavy atom. The molecular weight excluding hydrogens is 482 g/mol. The molecule has 4 rings (SSSR count). The van der Waals surface area contributed by atoms with Crippen LogP contribution in [-0.2, 0) is 4.79 Å². The third-order valence-electron chi connectivity index (χ3n) is 5.75. The molecule has 2 aromatic carbocycles. The molecule has 1 saturated carbocycles. The van der Waals surface area contributed by atoms with Crippen LogP contribution < -0.4 is 14.8 Å². The maximum absolute atomic E-state index is 13.1. The van der Waals surface area contributed by atoms with E-state index in [1.165, 1.54) is 54.7 Å². The lowest BCUT2D eigenvalue weighted by Crippen LogP contribution is -2.37. The maximum Gasteiger partial charge on any atom is 0.387 e. The van der Waals surface area contributed by atoms with Crippen LogP contribution in [0.4, 0.5) is 14.5 Å². The number of pyridine rings is 1. The lowest BCUT2D eigenvalue weighted by molar-refractivity contribution is -0.614. The number of amides is 1. The molecule has 0 radical (unpaired) electrons. The number of carbonyl (C=O) groups excluding carboxylic acids is 1. The Kier molecular flexibility index (Phi) is 7.16. The molecule has 3 aromatic rings. The number of benzene rings is 2. The highest BCUT2D eigenvalue weighted by atomic mass is 35.5. The monoisotopic (exact) mass is 502 g/mol. The molecule has 1 atom stereocenters. The summed E-state index contributed by atoms with van der Waals surface area (Å²) in [4.78, 5) is 24.2. The molecule has 0 saturated heterocycles. The molecule has 1 aromatic heterocycles. The second kappa shape index (κ2) is 10.3. The summed E-state index contributed by atoms with van der Waals surface area (Å²) in [5.74, 6) is -2.05. The van der Waals surface area contributed by atoms with Crippen LogP contribution in [0.25, 0.3) is 11.1 Å². The Hall–Kier alpha value is -3.72. The van der Waals surface area contributed by atoms with Gasteiger partial charge in [-0.2, -0.15) is 13.5 Å². The number of carbonyl (C=O) groups is 2. The minimum atomic E-state index is -3.05. The molecule has 1 aliphatic carbocycles. The summed E-state index contributed by atoms with van der Waals surface area (Å²) in [6.07, 6.45) is 3.60. The first-order valence-electron chi connectivity index (χ1n) is 10.8. The summed E-state index contributed by atoms with van der Waals surface area (Å²) in [5.41, 5.74) is 1.22. The van der Waals surface area contributed by atoms with Gasteiger partial charge in [-0.05, 0) is 60.9 Å². The van der Waals surface area contributed by atoms with Gasteiger partial charge in [0.1, 0.15) is 11.7 Å². The Morgan fingerprint density at radius 2 is 1.86 bits per heavy atom. The van der Waals surface area contributed by atoms with Gasteiger partial charge in [0.25, 0.3) is 0 Å². The van der Waals surface area contributed by atoms with Gasteiger partial charge in [0.2, 0.25) is 11.6 Å². The number of rotatable bonds is 9.